The van der Waals surface area contributed by atoms with Gasteiger partial charge in [0.15, 0.2) is 5.76 Å². The predicted octanol–water partition coefficient (Wildman–Crippen LogP) is 1.75. The summed E-state index contributed by atoms with van der Waals surface area (Å²) >= 11 is 0. The molecule has 0 spiro atoms. The Kier molecular flexibility index (Phi) is 4.74. The van der Waals surface area contributed by atoms with Crippen molar-refractivity contribution in [2.45, 2.75) is 33.8 Å². The molecule has 1 atom stereocenters. The Morgan fingerprint density at radius 3 is 2.38 bits per heavy atom. The van der Waals surface area contributed by atoms with Gasteiger partial charge in [0.1, 0.15) is 5.76 Å². The lowest BCUT2D eigenvalue weighted by atomic mass is 9.89. The molecule has 1 amide bonds. The number of rotatable bonds is 3. The monoisotopic (exact) mass is 294 g/mol. The minimum absolute atomic E-state index is 0.0425. The number of carbonyl (C=O) groups excluding carboxylic acids is 1. The maximum atomic E-state index is 12.3. The third-order valence-corrected chi connectivity index (χ3v) is 4.04. The van der Waals surface area contributed by atoms with Gasteiger partial charge in [-0.2, -0.15) is 0 Å². The summed E-state index contributed by atoms with van der Waals surface area (Å²) in [6, 6.07) is 3.54. The maximum absolute atomic E-state index is 12.3. The maximum Gasteiger partial charge on any atom is 0.289 e. The van der Waals surface area contributed by atoms with Crippen LogP contribution >= 0.6 is 0 Å². The molecule has 1 aliphatic rings. The molecule has 5 nitrogen and oxygen atoms in total. The van der Waals surface area contributed by atoms with Crippen molar-refractivity contribution in [3.05, 3.63) is 23.7 Å². The van der Waals surface area contributed by atoms with Gasteiger partial charge in [0.2, 0.25) is 0 Å². The number of hydrogen-bond acceptors (Lipinski definition) is 4. The summed E-state index contributed by atoms with van der Waals surface area (Å²) in [4.78, 5) is 16.3. The predicted molar refractivity (Wildman–Crippen MR) is 81.3 cm³/mol. The van der Waals surface area contributed by atoms with E-state index in [9.17, 15) is 9.90 Å². The number of furan rings is 1. The fraction of sp³-hybridized carbons (Fsp3) is 0.688. The van der Waals surface area contributed by atoms with Crippen molar-refractivity contribution < 1.29 is 14.3 Å². The zero-order valence-electron chi connectivity index (χ0n) is 13.4. The average Bonchev–Trinajstić information content (AvgIpc) is 2.84. The molecule has 0 aromatic carbocycles. The molecule has 0 aliphatic carbocycles. The highest BCUT2D eigenvalue weighted by molar-refractivity contribution is 5.91. The number of piperazine rings is 1. The molecule has 5 heteroatoms. The smallest absolute Gasteiger partial charge is 0.289 e. The standard InChI is InChI=1S/C16H26N2O3/c1-12-5-6-13(21-12)15(20)18-9-7-17(8-10-18)11-14(19)16(2,3)4/h5-6,14,19H,7-11H2,1-4H3/t14-/m0/s1. The van der Waals surface area contributed by atoms with Gasteiger partial charge < -0.3 is 14.4 Å². The lowest BCUT2D eigenvalue weighted by Gasteiger charge is -2.37. The summed E-state index contributed by atoms with van der Waals surface area (Å²) in [6.07, 6.45) is -0.354. The number of aliphatic hydroxyl groups is 1. The van der Waals surface area contributed by atoms with Gasteiger partial charge in [-0.15, -0.1) is 0 Å². The molecule has 0 unspecified atom stereocenters. The van der Waals surface area contributed by atoms with Crippen LogP contribution in [0.5, 0.6) is 0 Å². The molecule has 0 radical (unpaired) electrons. The van der Waals surface area contributed by atoms with Gasteiger partial charge in [-0.1, -0.05) is 20.8 Å². The van der Waals surface area contributed by atoms with Crippen molar-refractivity contribution in [2.75, 3.05) is 32.7 Å². The molecule has 1 saturated heterocycles. The van der Waals surface area contributed by atoms with E-state index in [2.05, 4.69) is 4.90 Å². The Bertz CT molecular complexity index is 482. The molecular formula is C16H26N2O3. The number of amides is 1. The van der Waals surface area contributed by atoms with Crippen LogP contribution in [0.4, 0.5) is 0 Å². The lowest BCUT2D eigenvalue weighted by Crippen LogP contribution is -2.51. The third kappa shape index (κ3) is 4.08. The minimum atomic E-state index is -0.354. The van der Waals surface area contributed by atoms with Gasteiger partial charge >= 0.3 is 0 Å². The molecule has 2 rings (SSSR count). The van der Waals surface area contributed by atoms with E-state index in [0.29, 0.717) is 25.4 Å². The third-order valence-electron chi connectivity index (χ3n) is 4.04. The molecule has 0 bridgehead atoms. The van der Waals surface area contributed by atoms with E-state index in [-0.39, 0.29) is 17.4 Å². The van der Waals surface area contributed by atoms with Crippen LogP contribution < -0.4 is 0 Å². The first-order chi connectivity index (χ1) is 9.77. The molecule has 0 saturated carbocycles. The zero-order valence-corrected chi connectivity index (χ0v) is 13.4. The Balaban J connectivity index is 1.84. The number of aliphatic hydroxyl groups excluding tert-OH is 1. The van der Waals surface area contributed by atoms with Crippen molar-refractivity contribution in [3.8, 4) is 0 Å². The number of carbonyl (C=O) groups is 1. The van der Waals surface area contributed by atoms with E-state index in [1.165, 1.54) is 0 Å². The van der Waals surface area contributed by atoms with E-state index in [4.69, 9.17) is 4.42 Å². The number of β-amino-alcohol motifs (C(OH)–C–C–N with tert-alkyl or cyclic N) is 1. The number of hydrogen-bond donors (Lipinski definition) is 1. The molecule has 1 fully saturated rings. The summed E-state index contributed by atoms with van der Waals surface area (Å²) in [5.41, 5.74) is -0.112. The highest BCUT2D eigenvalue weighted by Crippen LogP contribution is 2.20. The largest absolute Gasteiger partial charge is 0.456 e. The molecule has 1 aromatic rings. The van der Waals surface area contributed by atoms with Gasteiger partial charge in [-0.05, 0) is 24.5 Å². The number of aryl methyl sites for hydroxylation is 1. The molecule has 1 N–H and O–H groups in total. The summed E-state index contributed by atoms with van der Waals surface area (Å²) in [5, 5.41) is 10.2. The van der Waals surface area contributed by atoms with Crippen molar-refractivity contribution >= 4 is 5.91 Å². The second-order valence-corrected chi connectivity index (χ2v) is 6.88. The van der Waals surface area contributed by atoms with Crippen molar-refractivity contribution in [1.29, 1.82) is 0 Å². The first-order valence-electron chi connectivity index (χ1n) is 7.53. The van der Waals surface area contributed by atoms with E-state index in [1.807, 2.05) is 38.7 Å². The van der Waals surface area contributed by atoms with Crippen LogP contribution in [0.15, 0.2) is 16.5 Å². The van der Waals surface area contributed by atoms with Crippen LogP contribution in [0.3, 0.4) is 0 Å². The van der Waals surface area contributed by atoms with Crippen LogP contribution in [0.1, 0.15) is 37.1 Å². The second kappa shape index (κ2) is 6.20. The Labute approximate surface area is 126 Å². The van der Waals surface area contributed by atoms with Crippen LogP contribution in [-0.4, -0.2) is 59.6 Å². The summed E-state index contributed by atoms with van der Waals surface area (Å²) in [5.74, 6) is 1.13. The Morgan fingerprint density at radius 1 is 1.29 bits per heavy atom. The molecule has 21 heavy (non-hydrogen) atoms. The van der Waals surface area contributed by atoms with Gasteiger partial charge in [0.05, 0.1) is 6.10 Å². The highest BCUT2D eigenvalue weighted by Gasteiger charge is 2.28. The molecule has 1 aliphatic heterocycles. The molecule has 2 heterocycles. The van der Waals surface area contributed by atoms with Crippen molar-refractivity contribution in [2.24, 2.45) is 5.41 Å². The molecule has 118 valence electrons. The van der Waals surface area contributed by atoms with E-state index >= 15 is 0 Å². The molecule has 1 aromatic heterocycles. The van der Waals surface area contributed by atoms with Gasteiger partial charge in [-0.25, -0.2) is 0 Å². The van der Waals surface area contributed by atoms with Gasteiger partial charge in [0.25, 0.3) is 5.91 Å². The van der Waals surface area contributed by atoms with Gasteiger partial charge in [0, 0.05) is 32.7 Å². The van der Waals surface area contributed by atoms with E-state index < -0.39 is 0 Å². The summed E-state index contributed by atoms with van der Waals surface area (Å²) < 4.78 is 5.39. The number of nitrogens with zero attached hydrogens (tertiary/aromatic N) is 2. The molecular weight excluding hydrogens is 268 g/mol. The normalized spacial score (nSPS) is 18.8. The highest BCUT2D eigenvalue weighted by atomic mass is 16.3. The van der Waals surface area contributed by atoms with E-state index in [0.717, 1.165) is 18.8 Å². The lowest BCUT2D eigenvalue weighted by molar-refractivity contribution is 0.0131. The van der Waals surface area contributed by atoms with Crippen molar-refractivity contribution in [3.63, 3.8) is 0 Å². The Morgan fingerprint density at radius 2 is 1.90 bits per heavy atom. The second-order valence-electron chi connectivity index (χ2n) is 6.88. The van der Waals surface area contributed by atoms with E-state index in [1.54, 1.807) is 6.07 Å². The van der Waals surface area contributed by atoms with Gasteiger partial charge in [-0.3, -0.25) is 9.69 Å². The SMILES string of the molecule is Cc1ccc(C(=O)N2CCN(C[C@H](O)C(C)(C)C)CC2)o1. The average molecular weight is 294 g/mol. The topological polar surface area (TPSA) is 56.9 Å². The summed E-state index contributed by atoms with van der Waals surface area (Å²) in [6.45, 7) is 11.5. The first-order valence-corrected chi connectivity index (χ1v) is 7.53. The van der Waals surface area contributed by atoms with Crippen LogP contribution in [0.2, 0.25) is 0 Å². The Hall–Kier alpha value is -1.33. The van der Waals surface area contributed by atoms with Crippen molar-refractivity contribution in [1.82, 2.24) is 9.80 Å². The summed E-state index contributed by atoms with van der Waals surface area (Å²) in [7, 11) is 0. The van der Waals surface area contributed by atoms with Crippen LogP contribution in [-0.2, 0) is 0 Å². The fourth-order valence-electron chi connectivity index (χ4n) is 2.36. The first kappa shape index (κ1) is 16.0. The van der Waals surface area contributed by atoms with Crippen LogP contribution in [0, 0.1) is 12.3 Å². The zero-order chi connectivity index (χ0) is 15.6. The van der Waals surface area contributed by atoms with Crippen LogP contribution in [0.25, 0.3) is 0 Å². The fourth-order valence-corrected chi connectivity index (χ4v) is 2.36. The minimum Gasteiger partial charge on any atom is -0.456 e. The quantitative estimate of drug-likeness (QED) is 0.923.